The van der Waals surface area contributed by atoms with Crippen LogP contribution >= 0.6 is 34.8 Å². The lowest BCUT2D eigenvalue weighted by Crippen LogP contribution is -2.29. The molecule has 12 heteroatoms. The van der Waals surface area contributed by atoms with Crippen molar-refractivity contribution >= 4 is 69.6 Å². The van der Waals surface area contributed by atoms with Gasteiger partial charge in [0.1, 0.15) is 21.9 Å². The Morgan fingerprint density at radius 1 is 1.11 bits per heavy atom. The van der Waals surface area contributed by atoms with Crippen LogP contribution in [0.1, 0.15) is 37.6 Å². The zero-order valence-electron chi connectivity index (χ0n) is 20.8. The Balaban J connectivity index is 1.76. The first-order valence-corrected chi connectivity index (χ1v) is 12.8. The lowest BCUT2D eigenvalue weighted by atomic mass is 10.1. The van der Waals surface area contributed by atoms with E-state index in [0.29, 0.717) is 18.6 Å². The van der Waals surface area contributed by atoms with E-state index in [4.69, 9.17) is 39.5 Å². The third-order valence-electron chi connectivity index (χ3n) is 5.87. The van der Waals surface area contributed by atoms with Gasteiger partial charge in [-0.05, 0) is 50.6 Å². The highest BCUT2D eigenvalue weighted by molar-refractivity contribution is 6.53. The fraction of sp³-hybridized carbons (Fsp3) is 0.346. The Labute approximate surface area is 233 Å². The molecule has 1 saturated carbocycles. The number of nitrogens with one attached hydrogen (secondary N) is 3. The molecule has 0 radical (unpaired) electrons. The average Bonchev–Trinajstić information content (AvgIpc) is 3.45. The van der Waals surface area contributed by atoms with E-state index in [1.165, 1.54) is 25.1 Å². The summed E-state index contributed by atoms with van der Waals surface area (Å²) in [7, 11) is 0. The van der Waals surface area contributed by atoms with Crippen molar-refractivity contribution in [1.82, 2.24) is 0 Å². The minimum Gasteiger partial charge on any atom is -0.369 e. The maximum atomic E-state index is 15.1. The SMILES string of the molecule is C=C(C)[C@H]1[C@H](C(=O)Nc2ccc(Cl)c(C(=O)Nc3ccc(F)c(NC(=O)C(C)OCCC)c3F)c2)C1(Cl)Cl. The van der Waals surface area contributed by atoms with Crippen LogP contribution in [0.15, 0.2) is 42.5 Å². The van der Waals surface area contributed by atoms with Gasteiger partial charge >= 0.3 is 0 Å². The lowest BCUT2D eigenvalue weighted by molar-refractivity contribution is -0.126. The minimum atomic E-state index is -1.28. The van der Waals surface area contributed by atoms with E-state index in [1.807, 2.05) is 6.92 Å². The maximum Gasteiger partial charge on any atom is 0.257 e. The summed E-state index contributed by atoms with van der Waals surface area (Å²) < 4.78 is 33.4. The number of allylic oxidation sites excluding steroid dienone is 1. The van der Waals surface area contributed by atoms with Gasteiger partial charge in [0.05, 0.1) is 22.2 Å². The van der Waals surface area contributed by atoms with Crippen LogP contribution in [-0.2, 0) is 14.3 Å². The third-order valence-corrected chi connectivity index (χ3v) is 7.14. The first-order chi connectivity index (χ1) is 17.8. The number of hydrogen-bond donors (Lipinski definition) is 3. The van der Waals surface area contributed by atoms with Gasteiger partial charge in [0, 0.05) is 18.2 Å². The monoisotopic (exact) mass is 587 g/mol. The van der Waals surface area contributed by atoms with Crippen LogP contribution in [-0.4, -0.2) is 34.8 Å². The molecule has 1 aliphatic carbocycles. The van der Waals surface area contributed by atoms with Gasteiger partial charge < -0.3 is 20.7 Å². The Bertz CT molecular complexity index is 1290. The van der Waals surface area contributed by atoms with Crippen LogP contribution in [0.3, 0.4) is 0 Å². The normalized spacial score (nSPS) is 18.3. The molecule has 3 N–H and O–H groups in total. The van der Waals surface area contributed by atoms with Gasteiger partial charge in [-0.15, -0.1) is 23.2 Å². The first kappa shape index (κ1) is 29.8. The molecule has 3 atom stereocenters. The first-order valence-electron chi connectivity index (χ1n) is 11.6. The molecule has 7 nitrogen and oxygen atoms in total. The summed E-state index contributed by atoms with van der Waals surface area (Å²) in [4.78, 5) is 37.9. The standard InChI is InChI=1S/C26H26Cl3F2N3O4/c1-5-10-38-13(4)23(35)34-22-17(30)8-9-18(21(22)31)33-24(36)15-11-14(6-7-16(15)27)32-25(37)20-19(12(2)3)26(20,28)29/h6-9,11,13,19-20H,2,5,10H2,1,3-4H3,(H,32,37)(H,33,36)(H,34,35)/t13?,19-,20+/m0/s1. The largest absolute Gasteiger partial charge is 0.369 e. The van der Waals surface area contributed by atoms with E-state index in [9.17, 15) is 18.8 Å². The maximum absolute atomic E-state index is 15.1. The van der Waals surface area contributed by atoms with Crippen molar-refractivity contribution in [3.05, 3.63) is 64.7 Å². The highest BCUT2D eigenvalue weighted by atomic mass is 35.5. The molecule has 0 aliphatic heterocycles. The van der Waals surface area contributed by atoms with E-state index in [1.54, 1.807) is 6.92 Å². The van der Waals surface area contributed by atoms with E-state index in [0.717, 1.165) is 12.1 Å². The van der Waals surface area contributed by atoms with E-state index in [-0.39, 0.29) is 16.3 Å². The predicted molar refractivity (Wildman–Crippen MR) is 145 cm³/mol. The molecule has 2 aromatic rings. The van der Waals surface area contributed by atoms with Crippen molar-refractivity contribution in [3.8, 4) is 0 Å². The summed E-state index contributed by atoms with van der Waals surface area (Å²) >= 11 is 18.6. The molecular weight excluding hydrogens is 563 g/mol. The minimum absolute atomic E-state index is 0.00807. The molecule has 3 rings (SSSR count). The van der Waals surface area contributed by atoms with Crippen LogP contribution in [0.4, 0.5) is 25.8 Å². The van der Waals surface area contributed by atoms with Gasteiger partial charge in [0.15, 0.2) is 5.82 Å². The van der Waals surface area contributed by atoms with Crippen molar-refractivity contribution in [2.24, 2.45) is 11.8 Å². The van der Waals surface area contributed by atoms with Crippen molar-refractivity contribution in [1.29, 1.82) is 0 Å². The summed E-state index contributed by atoms with van der Waals surface area (Å²) in [6.07, 6.45) is -0.293. The molecule has 0 spiro atoms. The van der Waals surface area contributed by atoms with Crippen LogP contribution in [0, 0.1) is 23.5 Å². The second kappa shape index (κ2) is 12.0. The highest BCUT2D eigenvalue weighted by Crippen LogP contribution is 2.62. The van der Waals surface area contributed by atoms with Crippen LogP contribution in [0.2, 0.25) is 5.02 Å². The molecule has 0 heterocycles. The Kier molecular flexibility index (Phi) is 9.41. The molecule has 1 fully saturated rings. The Morgan fingerprint density at radius 2 is 1.79 bits per heavy atom. The molecule has 38 heavy (non-hydrogen) atoms. The van der Waals surface area contributed by atoms with Gasteiger partial charge in [-0.2, -0.15) is 0 Å². The highest BCUT2D eigenvalue weighted by Gasteiger charge is 2.67. The van der Waals surface area contributed by atoms with Gasteiger partial charge in [-0.3, -0.25) is 14.4 Å². The zero-order chi connectivity index (χ0) is 28.4. The van der Waals surface area contributed by atoms with Gasteiger partial charge in [0.2, 0.25) is 5.91 Å². The van der Waals surface area contributed by atoms with E-state index < -0.39 is 63.0 Å². The number of ether oxygens (including phenoxy) is 1. The number of alkyl halides is 2. The summed E-state index contributed by atoms with van der Waals surface area (Å²) in [6, 6.07) is 6.01. The van der Waals surface area contributed by atoms with Crippen LogP contribution < -0.4 is 16.0 Å². The molecule has 2 aromatic carbocycles. The van der Waals surface area contributed by atoms with Gasteiger partial charge in [-0.25, -0.2) is 8.78 Å². The number of rotatable bonds is 10. The second-order valence-electron chi connectivity index (χ2n) is 8.90. The van der Waals surface area contributed by atoms with Crippen LogP contribution in [0.5, 0.6) is 0 Å². The van der Waals surface area contributed by atoms with Crippen LogP contribution in [0.25, 0.3) is 0 Å². The van der Waals surface area contributed by atoms with E-state index in [2.05, 4.69) is 22.5 Å². The van der Waals surface area contributed by atoms with Crippen molar-refractivity contribution in [3.63, 3.8) is 0 Å². The lowest BCUT2D eigenvalue weighted by Gasteiger charge is -2.16. The average molecular weight is 589 g/mol. The number of amides is 3. The summed E-state index contributed by atoms with van der Waals surface area (Å²) in [5.41, 5.74) is -0.374. The topological polar surface area (TPSA) is 96.5 Å². The molecule has 204 valence electrons. The van der Waals surface area contributed by atoms with E-state index >= 15 is 4.39 Å². The summed E-state index contributed by atoms with van der Waals surface area (Å²) in [5, 5.41) is 7.10. The molecule has 0 aromatic heterocycles. The van der Waals surface area contributed by atoms with Gasteiger partial charge in [0.25, 0.3) is 11.8 Å². The molecule has 3 amide bonds. The molecule has 1 aliphatic rings. The Morgan fingerprint density at radius 3 is 2.39 bits per heavy atom. The number of benzene rings is 2. The van der Waals surface area contributed by atoms with Crippen molar-refractivity contribution < 1.29 is 27.9 Å². The predicted octanol–water partition coefficient (Wildman–Crippen LogP) is 6.56. The Hall–Kier alpha value is -2.72. The zero-order valence-corrected chi connectivity index (χ0v) is 23.0. The number of anilines is 3. The fourth-order valence-corrected chi connectivity index (χ4v) is 4.96. The number of carbonyl (C=O) groups is 3. The van der Waals surface area contributed by atoms with Crippen molar-refractivity contribution in [2.75, 3.05) is 22.6 Å². The number of hydrogen-bond acceptors (Lipinski definition) is 4. The number of carbonyl (C=O) groups excluding carboxylic acids is 3. The molecular formula is C26H26Cl3F2N3O4. The summed E-state index contributed by atoms with van der Waals surface area (Å²) in [5.74, 6) is -5.46. The molecule has 0 bridgehead atoms. The third kappa shape index (κ3) is 6.46. The summed E-state index contributed by atoms with van der Waals surface area (Å²) in [6.45, 7) is 9.10. The molecule has 0 saturated heterocycles. The van der Waals surface area contributed by atoms with Gasteiger partial charge in [-0.1, -0.05) is 30.7 Å². The molecule has 1 unspecified atom stereocenters. The number of halogens is 5. The smallest absolute Gasteiger partial charge is 0.257 e. The fourth-order valence-electron chi connectivity index (χ4n) is 3.81. The second-order valence-corrected chi connectivity index (χ2v) is 10.8. The quantitative estimate of drug-likeness (QED) is 0.216. The van der Waals surface area contributed by atoms with Crippen molar-refractivity contribution in [2.45, 2.75) is 37.6 Å².